The fraction of sp³-hybridized carbons (Fsp3) is 0.588. The Bertz CT molecular complexity index is 516. The predicted octanol–water partition coefficient (Wildman–Crippen LogP) is 2.91. The molecule has 0 saturated heterocycles. The van der Waals surface area contributed by atoms with Crippen LogP contribution in [0.5, 0.6) is 0 Å². The van der Waals surface area contributed by atoms with Gasteiger partial charge in [0.2, 0.25) is 5.91 Å². The molecular formula is C17H24ClFN2O. The molecule has 1 amide bonds. The van der Waals surface area contributed by atoms with Crippen molar-refractivity contribution >= 4 is 18.3 Å². The van der Waals surface area contributed by atoms with Gasteiger partial charge in [-0.2, -0.15) is 0 Å². The molecule has 2 fully saturated rings. The molecule has 0 aliphatic heterocycles. The van der Waals surface area contributed by atoms with Crippen LogP contribution in [0.4, 0.5) is 4.39 Å². The summed E-state index contributed by atoms with van der Waals surface area (Å²) < 4.78 is 13.0. The largest absolute Gasteiger partial charge is 0.355 e. The smallest absolute Gasteiger partial charge is 0.223 e. The molecule has 3 N–H and O–H groups in total. The number of amides is 1. The molecule has 0 radical (unpaired) electrons. The molecule has 5 heteroatoms. The minimum atomic E-state index is -0.213. The van der Waals surface area contributed by atoms with Gasteiger partial charge in [-0.1, -0.05) is 18.6 Å². The van der Waals surface area contributed by atoms with Gasteiger partial charge in [0.1, 0.15) is 5.82 Å². The van der Waals surface area contributed by atoms with E-state index in [4.69, 9.17) is 5.73 Å². The Labute approximate surface area is 137 Å². The lowest BCUT2D eigenvalue weighted by Crippen LogP contribution is -2.40. The van der Waals surface area contributed by atoms with Gasteiger partial charge in [-0.15, -0.1) is 12.4 Å². The Morgan fingerprint density at radius 1 is 1.27 bits per heavy atom. The topological polar surface area (TPSA) is 55.1 Å². The van der Waals surface area contributed by atoms with Crippen LogP contribution in [0.2, 0.25) is 0 Å². The van der Waals surface area contributed by atoms with Gasteiger partial charge in [-0.25, -0.2) is 4.39 Å². The standard InChI is InChI=1S/C17H23FN2O.ClH/c18-14-6-4-13(5-7-14)17(8-9-17)11-20-16(21)12-2-1-3-15(19)10-12;/h4-7,12,15H,1-3,8-11,19H2,(H,20,21);1H. The van der Waals surface area contributed by atoms with Crippen LogP contribution < -0.4 is 11.1 Å². The van der Waals surface area contributed by atoms with Crippen molar-refractivity contribution in [3.63, 3.8) is 0 Å². The molecule has 2 atom stereocenters. The van der Waals surface area contributed by atoms with Crippen molar-refractivity contribution in [3.8, 4) is 0 Å². The summed E-state index contributed by atoms with van der Waals surface area (Å²) in [5, 5.41) is 3.10. The van der Waals surface area contributed by atoms with Gasteiger partial charge < -0.3 is 11.1 Å². The van der Waals surface area contributed by atoms with Crippen molar-refractivity contribution < 1.29 is 9.18 Å². The van der Waals surface area contributed by atoms with Crippen molar-refractivity contribution in [2.75, 3.05) is 6.54 Å². The lowest BCUT2D eigenvalue weighted by Gasteiger charge is -2.26. The van der Waals surface area contributed by atoms with Gasteiger partial charge >= 0.3 is 0 Å². The van der Waals surface area contributed by atoms with Crippen molar-refractivity contribution in [1.29, 1.82) is 0 Å². The Balaban J connectivity index is 0.00000176. The lowest BCUT2D eigenvalue weighted by atomic mass is 9.85. The number of carbonyl (C=O) groups excluding carboxylic acids is 1. The summed E-state index contributed by atoms with van der Waals surface area (Å²) in [5.41, 5.74) is 7.10. The second-order valence-electron chi connectivity index (χ2n) is 6.63. The molecule has 3 rings (SSSR count). The number of nitrogens with two attached hydrogens (primary N) is 1. The monoisotopic (exact) mass is 326 g/mol. The van der Waals surface area contributed by atoms with Gasteiger partial charge in [-0.05, 0) is 49.8 Å². The lowest BCUT2D eigenvalue weighted by molar-refractivity contribution is -0.126. The zero-order valence-corrected chi connectivity index (χ0v) is 13.5. The quantitative estimate of drug-likeness (QED) is 0.894. The van der Waals surface area contributed by atoms with E-state index in [9.17, 15) is 9.18 Å². The van der Waals surface area contributed by atoms with Gasteiger partial charge in [0.05, 0.1) is 0 Å². The van der Waals surface area contributed by atoms with E-state index in [1.807, 2.05) is 12.1 Å². The zero-order valence-electron chi connectivity index (χ0n) is 12.7. The fourth-order valence-corrected chi connectivity index (χ4v) is 3.39. The molecular weight excluding hydrogens is 303 g/mol. The SMILES string of the molecule is Cl.NC1CCCC(C(=O)NCC2(c3ccc(F)cc3)CC2)C1. The first-order chi connectivity index (χ1) is 10.1. The molecule has 0 spiro atoms. The molecule has 2 unspecified atom stereocenters. The summed E-state index contributed by atoms with van der Waals surface area (Å²) in [4.78, 5) is 12.3. The van der Waals surface area contributed by atoms with E-state index in [0.29, 0.717) is 6.54 Å². The molecule has 0 heterocycles. The highest BCUT2D eigenvalue weighted by atomic mass is 35.5. The van der Waals surface area contributed by atoms with Crippen LogP contribution in [0.25, 0.3) is 0 Å². The minimum absolute atomic E-state index is 0. The maximum absolute atomic E-state index is 13.0. The highest BCUT2D eigenvalue weighted by molar-refractivity contribution is 5.85. The van der Waals surface area contributed by atoms with E-state index < -0.39 is 0 Å². The van der Waals surface area contributed by atoms with Crippen molar-refractivity contribution in [3.05, 3.63) is 35.6 Å². The summed E-state index contributed by atoms with van der Waals surface area (Å²) >= 11 is 0. The van der Waals surface area contributed by atoms with E-state index in [2.05, 4.69) is 5.32 Å². The minimum Gasteiger partial charge on any atom is -0.355 e. The summed E-state index contributed by atoms with van der Waals surface area (Å²) in [5.74, 6) is -0.00826. The molecule has 0 bridgehead atoms. The zero-order chi connectivity index (χ0) is 14.9. The van der Waals surface area contributed by atoms with Gasteiger partial charge in [0, 0.05) is 23.9 Å². The first-order valence-electron chi connectivity index (χ1n) is 7.88. The van der Waals surface area contributed by atoms with Gasteiger partial charge in [0.15, 0.2) is 0 Å². The molecule has 22 heavy (non-hydrogen) atoms. The molecule has 2 saturated carbocycles. The van der Waals surface area contributed by atoms with Crippen molar-refractivity contribution in [2.24, 2.45) is 11.7 Å². The average molecular weight is 327 g/mol. The van der Waals surface area contributed by atoms with Crippen LogP contribution in [0.1, 0.15) is 44.1 Å². The molecule has 1 aromatic carbocycles. The van der Waals surface area contributed by atoms with E-state index >= 15 is 0 Å². The molecule has 1 aromatic rings. The van der Waals surface area contributed by atoms with E-state index in [0.717, 1.165) is 44.1 Å². The van der Waals surface area contributed by atoms with Crippen LogP contribution in [0, 0.1) is 11.7 Å². The first kappa shape index (κ1) is 17.2. The second kappa shape index (κ2) is 6.97. The maximum Gasteiger partial charge on any atom is 0.223 e. The predicted molar refractivity (Wildman–Crippen MR) is 87.5 cm³/mol. The Morgan fingerprint density at radius 2 is 1.95 bits per heavy atom. The normalized spacial score (nSPS) is 25.9. The third-order valence-electron chi connectivity index (χ3n) is 5.00. The Morgan fingerprint density at radius 3 is 2.55 bits per heavy atom. The first-order valence-corrected chi connectivity index (χ1v) is 7.88. The van der Waals surface area contributed by atoms with Crippen LogP contribution in [0.15, 0.2) is 24.3 Å². The Hall–Kier alpha value is -1.13. The van der Waals surface area contributed by atoms with Crippen LogP contribution in [-0.2, 0) is 10.2 Å². The average Bonchev–Trinajstić information content (AvgIpc) is 3.27. The summed E-state index contributed by atoms with van der Waals surface area (Å²) in [6.07, 6.45) is 5.94. The fourth-order valence-electron chi connectivity index (χ4n) is 3.39. The summed E-state index contributed by atoms with van der Waals surface area (Å²) in [6, 6.07) is 6.84. The van der Waals surface area contributed by atoms with Crippen molar-refractivity contribution in [2.45, 2.75) is 50.0 Å². The number of hydrogen-bond donors (Lipinski definition) is 2. The molecule has 122 valence electrons. The van der Waals surface area contributed by atoms with Crippen LogP contribution in [0.3, 0.4) is 0 Å². The molecule has 0 aromatic heterocycles. The van der Waals surface area contributed by atoms with E-state index in [1.165, 1.54) is 12.1 Å². The third kappa shape index (κ3) is 3.79. The van der Waals surface area contributed by atoms with E-state index in [1.54, 1.807) is 0 Å². The Kier molecular flexibility index (Phi) is 5.45. The van der Waals surface area contributed by atoms with Gasteiger partial charge in [-0.3, -0.25) is 4.79 Å². The number of hydrogen-bond acceptors (Lipinski definition) is 2. The van der Waals surface area contributed by atoms with E-state index in [-0.39, 0.29) is 41.5 Å². The van der Waals surface area contributed by atoms with Gasteiger partial charge in [0.25, 0.3) is 0 Å². The number of carbonyl (C=O) groups is 1. The molecule has 3 nitrogen and oxygen atoms in total. The second-order valence-corrected chi connectivity index (χ2v) is 6.63. The van der Waals surface area contributed by atoms with Crippen molar-refractivity contribution in [1.82, 2.24) is 5.32 Å². The number of rotatable bonds is 4. The molecule has 2 aliphatic rings. The third-order valence-corrected chi connectivity index (χ3v) is 5.00. The highest BCUT2D eigenvalue weighted by Crippen LogP contribution is 2.47. The number of benzene rings is 1. The highest BCUT2D eigenvalue weighted by Gasteiger charge is 2.44. The summed E-state index contributed by atoms with van der Waals surface area (Å²) in [6.45, 7) is 0.656. The number of nitrogens with one attached hydrogen (secondary N) is 1. The summed E-state index contributed by atoms with van der Waals surface area (Å²) in [7, 11) is 0. The maximum atomic E-state index is 13.0. The number of halogens is 2. The van der Waals surface area contributed by atoms with Crippen LogP contribution >= 0.6 is 12.4 Å². The van der Waals surface area contributed by atoms with Crippen LogP contribution in [-0.4, -0.2) is 18.5 Å². The molecule has 2 aliphatic carbocycles.